The zero-order valence-electron chi connectivity index (χ0n) is 15.4. The molecule has 2 saturated heterocycles. The quantitative estimate of drug-likeness (QED) is 0.684. The molecule has 0 radical (unpaired) electrons. The Morgan fingerprint density at radius 3 is 2.81 bits per heavy atom. The normalized spacial score (nSPS) is 23.4. The van der Waals surface area contributed by atoms with Crippen molar-refractivity contribution in [3.8, 4) is 0 Å². The van der Waals surface area contributed by atoms with Crippen LogP contribution in [0, 0.1) is 0 Å². The zero-order chi connectivity index (χ0) is 19.4. The number of amides is 3. The summed E-state index contributed by atoms with van der Waals surface area (Å²) in [7, 11) is 1.65. The summed E-state index contributed by atoms with van der Waals surface area (Å²) in [4.78, 5) is 32.5. The summed E-state index contributed by atoms with van der Waals surface area (Å²) in [6, 6.07) is 6.49. The van der Waals surface area contributed by atoms with Crippen molar-refractivity contribution in [2.24, 2.45) is 4.99 Å². The van der Waals surface area contributed by atoms with Crippen molar-refractivity contribution in [1.82, 2.24) is 20.4 Å². The lowest BCUT2D eigenvalue weighted by atomic mass is 10.1. The number of hydrogen-bond acceptors (Lipinski definition) is 4. The van der Waals surface area contributed by atoms with Crippen LogP contribution >= 0.6 is 11.6 Å². The summed E-state index contributed by atoms with van der Waals surface area (Å²) >= 11 is 6.31. The molecule has 9 heteroatoms. The molecule has 1 aromatic carbocycles. The second-order valence-electron chi connectivity index (χ2n) is 6.41. The number of likely N-dealkylation sites (N-methyl/N-ethyl adjacent to an activating group) is 1. The number of halogens is 1. The predicted octanol–water partition coefficient (Wildman–Crippen LogP) is 1.40. The number of benzene rings is 1. The second kappa shape index (κ2) is 8.58. The van der Waals surface area contributed by atoms with E-state index in [2.05, 4.69) is 15.6 Å². The number of carbonyl (C=O) groups excluding carboxylic acids is 2. The van der Waals surface area contributed by atoms with E-state index in [1.54, 1.807) is 7.05 Å². The molecule has 2 atom stereocenters. The van der Waals surface area contributed by atoms with Crippen LogP contribution in [0.1, 0.15) is 18.9 Å². The number of nitrogens with zero attached hydrogens (tertiary/aromatic N) is 3. The number of nitrogens with one attached hydrogen (secondary N) is 2. The maximum atomic E-state index is 12.5. The van der Waals surface area contributed by atoms with E-state index >= 15 is 0 Å². The van der Waals surface area contributed by atoms with Crippen LogP contribution in [0.15, 0.2) is 29.3 Å². The molecule has 0 aromatic heterocycles. The fourth-order valence-electron chi connectivity index (χ4n) is 3.20. The largest absolute Gasteiger partial charge is 0.382 e. The molecule has 146 valence electrons. The Morgan fingerprint density at radius 1 is 1.30 bits per heavy atom. The minimum absolute atomic E-state index is 0.345. The number of rotatable bonds is 7. The van der Waals surface area contributed by atoms with Gasteiger partial charge in [-0.1, -0.05) is 29.8 Å². The first-order valence-electron chi connectivity index (χ1n) is 8.99. The molecule has 0 spiro atoms. The van der Waals surface area contributed by atoms with Gasteiger partial charge in [0.25, 0.3) is 5.91 Å². The fourth-order valence-corrected chi connectivity index (χ4v) is 3.39. The van der Waals surface area contributed by atoms with E-state index in [-0.39, 0.29) is 5.91 Å². The van der Waals surface area contributed by atoms with Crippen molar-refractivity contribution in [3.05, 3.63) is 34.9 Å². The topological polar surface area (TPSA) is 86.3 Å². The van der Waals surface area contributed by atoms with Crippen LogP contribution < -0.4 is 10.6 Å². The Morgan fingerprint density at radius 2 is 2.07 bits per heavy atom. The molecule has 0 bridgehead atoms. The molecule has 2 unspecified atom stereocenters. The summed E-state index contributed by atoms with van der Waals surface area (Å²) in [5, 5.41) is 6.24. The predicted molar refractivity (Wildman–Crippen MR) is 102 cm³/mol. The Balaban J connectivity index is 1.83. The van der Waals surface area contributed by atoms with Gasteiger partial charge in [0.2, 0.25) is 0 Å². The van der Waals surface area contributed by atoms with Gasteiger partial charge in [-0.15, -0.1) is 0 Å². The molecular formula is C18H24ClN5O3. The Labute approximate surface area is 163 Å². The van der Waals surface area contributed by atoms with E-state index in [4.69, 9.17) is 16.3 Å². The number of carbonyl (C=O) groups is 2. The van der Waals surface area contributed by atoms with Crippen LogP contribution in [0.5, 0.6) is 0 Å². The lowest BCUT2D eigenvalue weighted by molar-refractivity contribution is -0.127. The molecule has 2 N–H and O–H groups in total. The van der Waals surface area contributed by atoms with Gasteiger partial charge in [-0.3, -0.25) is 15.1 Å². The zero-order valence-corrected chi connectivity index (χ0v) is 16.2. The van der Waals surface area contributed by atoms with Gasteiger partial charge < -0.3 is 19.9 Å². The smallest absolute Gasteiger partial charge is 0.325 e. The number of imide groups is 1. The lowest BCUT2D eigenvalue weighted by Gasteiger charge is -2.35. The Hall–Kier alpha value is -2.32. The van der Waals surface area contributed by atoms with Gasteiger partial charge in [-0.25, -0.2) is 4.79 Å². The molecule has 3 rings (SSSR count). The average molecular weight is 394 g/mol. The van der Waals surface area contributed by atoms with Gasteiger partial charge in [0, 0.05) is 38.4 Å². The molecule has 8 nitrogen and oxygen atoms in total. The molecule has 3 amide bonds. The molecule has 2 aliphatic rings. The van der Waals surface area contributed by atoms with Gasteiger partial charge in [0.15, 0.2) is 12.0 Å². The van der Waals surface area contributed by atoms with Gasteiger partial charge in [0.05, 0.1) is 0 Å². The van der Waals surface area contributed by atoms with Crippen LogP contribution in [-0.2, 0) is 16.1 Å². The second-order valence-corrected chi connectivity index (χ2v) is 6.82. The van der Waals surface area contributed by atoms with Crippen molar-refractivity contribution in [3.63, 3.8) is 0 Å². The number of ether oxygens (including phenoxy) is 1. The van der Waals surface area contributed by atoms with Gasteiger partial charge >= 0.3 is 6.03 Å². The van der Waals surface area contributed by atoms with Crippen molar-refractivity contribution < 1.29 is 14.3 Å². The molecule has 0 aliphatic carbocycles. The fraction of sp³-hybridized carbons (Fsp3) is 0.500. The van der Waals surface area contributed by atoms with Crippen molar-refractivity contribution in [2.45, 2.75) is 32.1 Å². The van der Waals surface area contributed by atoms with Crippen LogP contribution in [0.4, 0.5) is 4.79 Å². The van der Waals surface area contributed by atoms with E-state index in [0.29, 0.717) is 37.3 Å². The minimum atomic E-state index is -0.574. The molecule has 2 aliphatic heterocycles. The Kier molecular flexibility index (Phi) is 6.18. The lowest BCUT2D eigenvalue weighted by Crippen LogP contribution is -2.64. The highest BCUT2D eigenvalue weighted by molar-refractivity contribution is 6.31. The third-order valence-corrected chi connectivity index (χ3v) is 5.00. The third-order valence-electron chi connectivity index (χ3n) is 4.63. The van der Waals surface area contributed by atoms with Crippen molar-refractivity contribution in [2.75, 3.05) is 26.8 Å². The first-order valence-corrected chi connectivity index (χ1v) is 9.37. The highest BCUT2D eigenvalue weighted by Crippen LogP contribution is 2.25. The maximum Gasteiger partial charge on any atom is 0.325 e. The minimum Gasteiger partial charge on any atom is -0.382 e. The Bertz CT molecular complexity index is 741. The number of urea groups is 1. The first kappa shape index (κ1) is 19.4. The summed E-state index contributed by atoms with van der Waals surface area (Å²) in [6.07, 6.45) is 0.300. The van der Waals surface area contributed by atoms with E-state index in [9.17, 15) is 9.59 Å². The summed E-state index contributed by atoms with van der Waals surface area (Å²) in [5.74, 6) is 0.236. The summed E-state index contributed by atoms with van der Waals surface area (Å²) < 4.78 is 5.34. The van der Waals surface area contributed by atoms with E-state index in [1.165, 1.54) is 4.90 Å². The third kappa shape index (κ3) is 4.17. The maximum absolute atomic E-state index is 12.5. The number of hydrogen-bond donors (Lipinski definition) is 2. The molecular weight excluding hydrogens is 370 g/mol. The monoisotopic (exact) mass is 393 g/mol. The molecule has 0 saturated carbocycles. The number of fused-ring (bicyclic) bond motifs is 1. The van der Waals surface area contributed by atoms with E-state index in [0.717, 1.165) is 12.0 Å². The average Bonchev–Trinajstić information content (AvgIpc) is 3.00. The van der Waals surface area contributed by atoms with Crippen LogP contribution in [0.2, 0.25) is 5.02 Å². The number of aliphatic imine (C=N–C) groups is 1. The first-order chi connectivity index (χ1) is 13.0. The highest BCUT2D eigenvalue weighted by Gasteiger charge is 2.49. The highest BCUT2D eigenvalue weighted by atomic mass is 35.5. The number of guanidine groups is 1. The van der Waals surface area contributed by atoms with E-state index < -0.39 is 18.2 Å². The van der Waals surface area contributed by atoms with Crippen LogP contribution in [0.3, 0.4) is 0 Å². The molecule has 27 heavy (non-hydrogen) atoms. The van der Waals surface area contributed by atoms with Gasteiger partial charge in [-0.2, -0.15) is 0 Å². The summed E-state index contributed by atoms with van der Waals surface area (Å²) in [6.45, 7) is 4.22. The molecule has 1 aromatic rings. The molecule has 2 heterocycles. The van der Waals surface area contributed by atoms with Crippen molar-refractivity contribution in [1.29, 1.82) is 0 Å². The van der Waals surface area contributed by atoms with Crippen LogP contribution in [0.25, 0.3) is 0 Å². The standard InChI is InChI=1S/C18H24ClN5O3/c1-3-27-10-6-9-20-17-21-15-14(16(25)22-18(26)23(15)2)24(17)11-12-7-4-5-8-13(12)19/h4-5,7-8,14-15H,3,6,9-11H2,1-2H3,(H,20,21)(H,22,25,26). The SMILES string of the molecule is CCOCCCN=C1NC2C(C(=O)NC(=O)N2C)N1Cc1ccccc1Cl. The van der Waals surface area contributed by atoms with Crippen molar-refractivity contribution >= 4 is 29.5 Å². The van der Waals surface area contributed by atoms with Gasteiger partial charge in [-0.05, 0) is 25.0 Å². The van der Waals surface area contributed by atoms with E-state index in [1.807, 2.05) is 36.1 Å². The molecule has 2 fully saturated rings. The summed E-state index contributed by atoms with van der Waals surface area (Å²) in [5.41, 5.74) is 0.885. The van der Waals surface area contributed by atoms with Gasteiger partial charge in [0.1, 0.15) is 6.17 Å². The van der Waals surface area contributed by atoms with Crippen LogP contribution in [-0.4, -0.2) is 66.7 Å².